The zero-order valence-corrected chi connectivity index (χ0v) is 23.7. The number of nitrogens with zero attached hydrogens (tertiary/aromatic N) is 3. The number of carbonyl (C=O) groups excluding carboxylic acids is 2. The summed E-state index contributed by atoms with van der Waals surface area (Å²) in [4.78, 5) is 34.0. The molecule has 0 saturated carbocycles. The summed E-state index contributed by atoms with van der Waals surface area (Å²) in [6, 6.07) is 13.3. The Kier molecular flexibility index (Phi) is 11.1. The molecule has 9 heteroatoms. The molecular formula is C28H40BrN5O3. The van der Waals surface area contributed by atoms with Crippen LogP contribution in [-0.4, -0.2) is 86.9 Å². The largest absolute Gasteiger partial charge is 0.392 e. The van der Waals surface area contributed by atoms with Crippen LogP contribution in [0.4, 0.5) is 0 Å². The van der Waals surface area contributed by atoms with Crippen LogP contribution < -0.4 is 10.6 Å². The molecule has 8 nitrogen and oxygen atoms in total. The highest BCUT2D eigenvalue weighted by atomic mass is 79.9. The van der Waals surface area contributed by atoms with Crippen molar-refractivity contribution in [3.8, 4) is 0 Å². The Morgan fingerprint density at radius 2 is 1.86 bits per heavy atom. The number of carbonyl (C=O) groups is 2. The third kappa shape index (κ3) is 10.2. The average Bonchev–Trinajstić information content (AvgIpc) is 2.85. The van der Waals surface area contributed by atoms with Gasteiger partial charge in [-0.15, -0.1) is 0 Å². The summed E-state index contributed by atoms with van der Waals surface area (Å²) in [6.45, 7) is 9.02. The van der Waals surface area contributed by atoms with Gasteiger partial charge in [-0.05, 0) is 50.8 Å². The second kappa shape index (κ2) is 14.0. The van der Waals surface area contributed by atoms with Crippen molar-refractivity contribution < 1.29 is 14.7 Å². The van der Waals surface area contributed by atoms with Crippen molar-refractivity contribution in [2.45, 2.75) is 63.9 Å². The summed E-state index contributed by atoms with van der Waals surface area (Å²) in [7, 11) is 0. The minimum atomic E-state index is -0.695. The first kappa shape index (κ1) is 29.2. The second-order valence-corrected chi connectivity index (χ2v) is 11.4. The van der Waals surface area contributed by atoms with Gasteiger partial charge in [-0.3, -0.25) is 24.4 Å². The molecule has 0 aliphatic carbocycles. The van der Waals surface area contributed by atoms with Gasteiger partial charge in [-0.1, -0.05) is 52.3 Å². The van der Waals surface area contributed by atoms with Crippen LogP contribution in [-0.2, 0) is 22.6 Å². The normalized spacial score (nSPS) is 18.7. The highest BCUT2D eigenvalue weighted by molar-refractivity contribution is 9.09. The van der Waals surface area contributed by atoms with Crippen LogP contribution in [0.1, 0.15) is 38.3 Å². The number of hydrogen-bond acceptors (Lipinski definition) is 6. The number of β-amino-alcohol motifs (C(OH)–C–C–N with tert-alkyl or cyclic N) is 1. The zero-order chi connectivity index (χ0) is 26.8. The molecule has 1 aromatic carbocycles. The maximum atomic E-state index is 13.3. The van der Waals surface area contributed by atoms with E-state index >= 15 is 0 Å². The number of aromatic nitrogens is 1. The molecule has 3 rings (SSSR count). The number of aliphatic hydroxyl groups excluding tert-OH is 1. The van der Waals surface area contributed by atoms with Crippen molar-refractivity contribution in [1.82, 2.24) is 25.4 Å². The van der Waals surface area contributed by atoms with Gasteiger partial charge in [0.25, 0.3) is 0 Å². The predicted molar refractivity (Wildman–Crippen MR) is 149 cm³/mol. The Balaban J connectivity index is 1.67. The zero-order valence-electron chi connectivity index (χ0n) is 22.1. The molecule has 1 aliphatic heterocycles. The van der Waals surface area contributed by atoms with E-state index in [-0.39, 0.29) is 34.8 Å². The fourth-order valence-corrected chi connectivity index (χ4v) is 4.88. The van der Waals surface area contributed by atoms with Crippen LogP contribution in [0.3, 0.4) is 0 Å². The van der Waals surface area contributed by atoms with E-state index in [1.54, 1.807) is 6.20 Å². The number of pyridine rings is 1. The first-order valence-corrected chi connectivity index (χ1v) is 14.0. The third-order valence-electron chi connectivity index (χ3n) is 6.32. The lowest BCUT2D eigenvalue weighted by molar-refractivity contribution is -0.131. The van der Waals surface area contributed by atoms with Crippen LogP contribution in [0, 0.1) is 0 Å². The van der Waals surface area contributed by atoms with Gasteiger partial charge in [-0.25, -0.2) is 0 Å². The standard InChI is InChI=1S/C28H40BrN5O3/c1-28(2,3)32-27(37)25-20-33(18-22-10-7-11-30-17-22)12-13-34(25)19-24(35)15-23(31-26(36)16-29)14-21-8-5-4-6-9-21/h4-11,17,23-25,35H,12-16,18-20H2,1-3H3,(H,31,36)(H,32,37)/t23?,24-,25-/m0/s1. The SMILES string of the molecule is CC(C)(C)NC(=O)[C@@H]1CN(Cc2cccnc2)CCN1C[C@@H](O)CC(Cc1ccccc1)NC(=O)CBr. The summed E-state index contributed by atoms with van der Waals surface area (Å²) in [6.07, 6.45) is 3.95. The van der Waals surface area contributed by atoms with Crippen LogP contribution in [0.15, 0.2) is 54.9 Å². The number of rotatable bonds is 11. The molecule has 1 aromatic heterocycles. The summed E-state index contributed by atoms with van der Waals surface area (Å²) in [5, 5.41) is 17.5. The molecule has 1 unspecified atom stereocenters. The molecule has 0 radical (unpaired) electrons. The van der Waals surface area contributed by atoms with E-state index in [2.05, 4.69) is 41.3 Å². The van der Waals surface area contributed by atoms with Gasteiger partial charge in [0, 0.05) is 56.7 Å². The molecule has 2 heterocycles. The van der Waals surface area contributed by atoms with Crippen LogP contribution >= 0.6 is 15.9 Å². The molecule has 2 aromatic rings. The minimum Gasteiger partial charge on any atom is -0.392 e. The maximum absolute atomic E-state index is 13.3. The topological polar surface area (TPSA) is 97.8 Å². The van der Waals surface area contributed by atoms with Crippen LogP contribution in [0.25, 0.3) is 0 Å². The Labute approximate surface area is 229 Å². The molecular weight excluding hydrogens is 534 g/mol. The summed E-state index contributed by atoms with van der Waals surface area (Å²) >= 11 is 3.22. The van der Waals surface area contributed by atoms with E-state index in [9.17, 15) is 14.7 Å². The van der Waals surface area contributed by atoms with E-state index in [0.29, 0.717) is 32.5 Å². The monoisotopic (exact) mass is 573 g/mol. The second-order valence-electron chi connectivity index (χ2n) is 10.8. The highest BCUT2D eigenvalue weighted by Crippen LogP contribution is 2.17. The quantitative estimate of drug-likeness (QED) is 0.357. The predicted octanol–water partition coefficient (Wildman–Crippen LogP) is 2.36. The number of aliphatic hydroxyl groups is 1. The van der Waals surface area contributed by atoms with Crippen molar-refractivity contribution >= 4 is 27.7 Å². The molecule has 1 saturated heterocycles. The number of benzene rings is 1. The van der Waals surface area contributed by atoms with Crippen molar-refractivity contribution in [3.63, 3.8) is 0 Å². The van der Waals surface area contributed by atoms with Gasteiger partial charge in [0.2, 0.25) is 11.8 Å². The van der Waals surface area contributed by atoms with E-state index in [1.807, 2.05) is 69.4 Å². The fourth-order valence-electron chi connectivity index (χ4n) is 4.72. The van der Waals surface area contributed by atoms with Crippen molar-refractivity contribution in [3.05, 3.63) is 66.0 Å². The average molecular weight is 575 g/mol. The van der Waals surface area contributed by atoms with Gasteiger partial charge in [0.1, 0.15) is 6.04 Å². The maximum Gasteiger partial charge on any atom is 0.239 e. The van der Waals surface area contributed by atoms with Gasteiger partial charge in [0.15, 0.2) is 0 Å². The minimum absolute atomic E-state index is 0.0380. The number of halogens is 1. The first-order valence-electron chi connectivity index (χ1n) is 12.9. The van der Waals surface area contributed by atoms with Crippen molar-refractivity contribution in [1.29, 1.82) is 0 Å². The Hall–Kier alpha value is -2.33. The highest BCUT2D eigenvalue weighted by Gasteiger charge is 2.35. The van der Waals surface area contributed by atoms with Crippen LogP contribution in [0.2, 0.25) is 0 Å². The number of piperazine rings is 1. The molecule has 3 N–H and O–H groups in total. The fraction of sp³-hybridized carbons (Fsp3) is 0.536. The number of hydrogen-bond donors (Lipinski definition) is 3. The van der Waals surface area contributed by atoms with E-state index in [0.717, 1.165) is 24.2 Å². The smallest absolute Gasteiger partial charge is 0.239 e. The van der Waals surface area contributed by atoms with Gasteiger partial charge >= 0.3 is 0 Å². The lowest BCUT2D eigenvalue weighted by atomic mass is 9.99. The Morgan fingerprint density at radius 1 is 1.14 bits per heavy atom. The first-order chi connectivity index (χ1) is 17.6. The van der Waals surface area contributed by atoms with E-state index in [4.69, 9.17) is 0 Å². The number of alkyl halides is 1. The van der Waals surface area contributed by atoms with Gasteiger partial charge < -0.3 is 15.7 Å². The van der Waals surface area contributed by atoms with E-state index < -0.39 is 6.10 Å². The molecule has 37 heavy (non-hydrogen) atoms. The molecule has 202 valence electrons. The third-order valence-corrected chi connectivity index (χ3v) is 6.83. The summed E-state index contributed by atoms with van der Waals surface area (Å²) in [5.74, 6) is -0.149. The van der Waals surface area contributed by atoms with Gasteiger partial charge in [-0.2, -0.15) is 0 Å². The Bertz CT molecular complexity index is 986. The van der Waals surface area contributed by atoms with Gasteiger partial charge in [0.05, 0.1) is 11.4 Å². The molecule has 0 spiro atoms. The van der Waals surface area contributed by atoms with Crippen LogP contribution in [0.5, 0.6) is 0 Å². The summed E-state index contributed by atoms with van der Waals surface area (Å²) < 4.78 is 0. The lowest BCUT2D eigenvalue weighted by Gasteiger charge is -2.42. The molecule has 3 atom stereocenters. The molecule has 1 fully saturated rings. The molecule has 1 aliphatic rings. The molecule has 0 bridgehead atoms. The van der Waals surface area contributed by atoms with Crippen molar-refractivity contribution in [2.75, 3.05) is 31.5 Å². The lowest BCUT2D eigenvalue weighted by Crippen LogP contribution is -2.62. The number of nitrogens with one attached hydrogen (secondary N) is 2. The number of amides is 2. The summed E-state index contributed by atoms with van der Waals surface area (Å²) in [5.41, 5.74) is 1.85. The van der Waals surface area contributed by atoms with Crippen molar-refractivity contribution in [2.24, 2.45) is 0 Å². The molecule has 2 amide bonds. The van der Waals surface area contributed by atoms with E-state index in [1.165, 1.54) is 0 Å². The Morgan fingerprint density at radius 3 is 2.51 bits per heavy atom.